The largest absolute Gasteiger partial charge is 0.504 e. The minimum Gasteiger partial charge on any atom is -0.504 e. The van der Waals surface area contributed by atoms with Crippen molar-refractivity contribution in [2.24, 2.45) is 0 Å². The Hall–Kier alpha value is -2.75. The van der Waals surface area contributed by atoms with Crippen LogP contribution in [0.5, 0.6) is 11.5 Å². The Bertz CT molecular complexity index is 665. The van der Waals surface area contributed by atoms with E-state index in [0.29, 0.717) is 12.1 Å². The third kappa shape index (κ3) is 4.38. The summed E-state index contributed by atoms with van der Waals surface area (Å²) in [7, 11) is 1.75. The Morgan fingerprint density at radius 3 is 2.50 bits per heavy atom. The number of likely N-dealkylation sites (N-methyl/N-ethyl adjacent to an activating group) is 1. The van der Waals surface area contributed by atoms with Crippen LogP contribution in [0.25, 0.3) is 6.08 Å². The number of phenols is 2. The van der Waals surface area contributed by atoms with Crippen LogP contribution >= 0.6 is 0 Å². The first-order valence-electron chi connectivity index (χ1n) is 7.05. The van der Waals surface area contributed by atoms with Gasteiger partial charge in [-0.3, -0.25) is 4.79 Å². The molecular formula is C18H19NO3. The van der Waals surface area contributed by atoms with E-state index in [1.807, 2.05) is 30.3 Å². The minimum absolute atomic E-state index is 0.108. The van der Waals surface area contributed by atoms with E-state index < -0.39 is 0 Å². The summed E-state index contributed by atoms with van der Waals surface area (Å²) in [4.78, 5) is 13.7. The molecular weight excluding hydrogens is 278 g/mol. The molecule has 2 aromatic carbocycles. The molecule has 2 aromatic rings. The predicted molar refractivity (Wildman–Crippen MR) is 86.6 cm³/mol. The molecule has 0 heterocycles. The van der Waals surface area contributed by atoms with Crippen molar-refractivity contribution in [3.8, 4) is 11.5 Å². The van der Waals surface area contributed by atoms with E-state index in [0.717, 1.165) is 6.42 Å². The third-order valence-corrected chi connectivity index (χ3v) is 3.37. The highest BCUT2D eigenvalue weighted by atomic mass is 16.3. The lowest BCUT2D eigenvalue weighted by molar-refractivity contribution is -0.124. The Morgan fingerprint density at radius 2 is 1.82 bits per heavy atom. The molecule has 0 aromatic heterocycles. The number of rotatable bonds is 5. The second kappa shape index (κ2) is 7.31. The molecule has 0 saturated heterocycles. The van der Waals surface area contributed by atoms with Crippen LogP contribution in [0.1, 0.15) is 11.1 Å². The van der Waals surface area contributed by atoms with Crippen molar-refractivity contribution in [3.05, 3.63) is 65.7 Å². The summed E-state index contributed by atoms with van der Waals surface area (Å²) in [6, 6.07) is 14.4. The number of benzene rings is 2. The summed E-state index contributed by atoms with van der Waals surface area (Å²) in [6.45, 7) is 0.633. The van der Waals surface area contributed by atoms with Crippen LogP contribution in [-0.4, -0.2) is 34.6 Å². The maximum Gasteiger partial charge on any atom is 0.246 e. The zero-order chi connectivity index (χ0) is 15.9. The monoisotopic (exact) mass is 297 g/mol. The van der Waals surface area contributed by atoms with Gasteiger partial charge in [-0.05, 0) is 35.8 Å². The van der Waals surface area contributed by atoms with Crippen LogP contribution in [0.15, 0.2) is 54.6 Å². The lowest BCUT2D eigenvalue weighted by atomic mass is 10.1. The first-order chi connectivity index (χ1) is 10.6. The van der Waals surface area contributed by atoms with Gasteiger partial charge in [0.05, 0.1) is 0 Å². The first kappa shape index (κ1) is 15.6. The summed E-state index contributed by atoms with van der Waals surface area (Å²) in [5.41, 5.74) is 1.84. The summed E-state index contributed by atoms with van der Waals surface area (Å²) in [5.74, 6) is -0.487. The molecule has 0 fully saturated rings. The van der Waals surface area contributed by atoms with E-state index in [1.54, 1.807) is 24.1 Å². The number of phenolic OH excluding ortho intramolecular Hbond substituents is 2. The minimum atomic E-state index is -0.202. The number of carbonyl (C=O) groups is 1. The molecule has 0 radical (unpaired) electrons. The van der Waals surface area contributed by atoms with Crippen molar-refractivity contribution in [2.45, 2.75) is 6.42 Å². The van der Waals surface area contributed by atoms with Gasteiger partial charge in [0.2, 0.25) is 5.91 Å². The molecule has 4 heteroatoms. The van der Waals surface area contributed by atoms with E-state index in [2.05, 4.69) is 0 Å². The van der Waals surface area contributed by atoms with Gasteiger partial charge in [-0.15, -0.1) is 0 Å². The van der Waals surface area contributed by atoms with Gasteiger partial charge in [-0.2, -0.15) is 0 Å². The Morgan fingerprint density at radius 1 is 1.09 bits per heavy atom. The maximum absolute atomic E-state index is 12.0. The molecule has 0 unspecified atom stereocenters. The van der Waals surface area contributed by atoms with Crippen LogP contribution in [0.2, 0.25) is 0 Å². The topological polar surface area (TPSA) is 60.8 Å². The lowest BCUT2D eigenvalue weighted by Gasteiger charge is -2.14. The number of aromatic hydroxyl groups is 2. The average Bonchev–Trinajstić information content (AvgIpc) is 2.54. The van der Waals surface area contributed by atoms with Crippen molar-refractivity contribution < 1.29 is 15.0 Å². The highest BCUT2D eigenvalue weighted by Crippen LogP contribution is 2.25. The molecule has 2 rings (SSSR count). The lowest BCUT2D eigenvalue weighted by Crippen LogP contribution is -2.27. The van der Waals surface area contributed by atoms with Gasteiger partial charge in [0.25, 0.3) is 0 Å². The summed E-state index contributed by atoms with van der Waals surface area (Å²) in [5, 5.41) is 18.6. The summed E-state index contributed by atoms with van der Waals surface area (Å²) in [6.07, 6.45) is 3.87. The molecule has 0 aliphatic heterocycles. The molecule has 0 spiro atoms. The van der Waals surface area contributed by atoms with E-state index >= 15 is 0 Å². The third-order valence-electron chi connectivity index (χ3n) is 3.37. The van der Waals surface area contributed by atoms with Gasteiger partial charge in [0, 0.05) is 19.7 Å². The second-order valence-electron chi connectivity index (χ2n) is 5.08. The van der Waals surface area contributed by atoms with Crippen LogP contribution in [0.4, 0.5) is 0 Å². The average molecular weight is 297 g/mol. The number of nitrogens with zero attached hydrogens (tertiary/aromatic N) is 1. The fourth-order valence-electron chi connectivity index (χ4n) is 1.99. The highest BCUT2D eigenvalue weighted by molar-refractivity contribution is 5.91. The van der Waals surface area contributed by atoms with Crippen molar-refractivity contribution >= 4 is 12.0 Å². The fourth-order valence-corrected chi connectivity index (χ4v) is 1.99. The van der Waals surface area contributed by atoms with E-state index in [9.17, 15) is 15.0 Å². The van der Waals surface area contributed by atoms with Crippen LogP contribution in [-0.2, 0) is 11.2 Å². The molecule has 4 nitrogen and oxygen atoms in total. The molecule has 114 valence electrons. The normalized spacial score (nSPS) is 10.8. The maximum atomic E-state index is 12.0. The van der Waals surface area contributed by atoms with E-state index in [-0.39, 0.29) is 17.4 Å². The molecule has 0 aliphatic rings. The van der Waals surface area contributed by atoms with Crippen molar-refractivity contribution in [2.75, 3.05) is 13.6 Å². The molecule has 0 bridgehead atoms. The van der Waals surface area contributed by atoms with Gasteiger partial charge in [-0.1, -0.05) is 36.4 Å². The zero-order valence-corrected chi connectivity index (χ0v) is 12.4. The van der Waals surface area contributed by atoms with Gasteiger partial charge in [-0.25, -0.2) is 0 Å². The molecule has 2 N–H and O–H groups in total. The van der Waals surface area contributed by atoms with Gasteiger partial charge < -0.3 is 15.1 Å². The number of carbonyl (C=O) groups excluding carboxylic acids is 1. The fraction of sp³-hybridized carbons (Fsp3) is 0.167. The molecule has 1 amide bonds. The Labute approximate surface area is 129 Å². The van der Waals surface area contributed by atoms with E-state index in [1.165, 1.54) is 23.8 Å². The smallest absolute Gasteiger partial charge is 0.246 e. The predicted octanol–water partition coefficient (Wildman–Crippen LogP) is 2.81. The number of hydrogen-bond donors (Lipinski definition) is 2. The Balaban J connectivity index is 1.90. The van der Waals surface area contributed by atoms with Crippen LogP contribution in [0, 0.1) is 0 Å². The highest BCUT2D eigenvalue weighted by Gasteiger charge is 2.05. The van der Waals surface area contributed by atoms with E-state index in [4.69, 9.17) is 0 Å². The number of hydrogen-bond acceptors (Lipinski definition) is 3. The van der Waals surface area contributed by atoms with Crippen LogP contribution in [0.3, 0.4) is 0 Å². The van der Waals surface area contributed by atoms with Crippen LogP contribution < -0.4 is 0 Å². The van der Waals surface area contributed by atoms with Crippen molar-refractivity contribution in [3.63, 3.8) is 0 Å². The molecule has 0 saturated carbocycles. The second-order valence-corrected chi connectivity index (χ2v) is 5.08. The quantitative estimate of drug-likeness (QED) is 0.659. The first-order valence-corrected chi connectivity index (χ1v) is 7.05. The Kier molecular flexibility index (Phi) is 5.20. The zero-order valence-electron chi connectivity index (χ0n) is 12.4. The van der Waals surface area contributed by atoms with Gasteiger partial charge in [0.1, 0.15) is 0 Å². The number of amides is 1. The van der Waals surface area contributed by atoms with Gasteiger partial charge >= 0.3 is 0 Å². The molecule has 0 aliphatic carbocycles. The standard InChI is InChI=1S/C18H19NO3/c1-19(12-11-14-5-3-2-4-6-14)18(22)10-8-15-7-9-16(20)17(21)13-15/h2-10,13,20-21H,11-12H2,1H3/b10-8+. The molecule has 22 heavy (non-hydrogen) atoms. The van der Waals surface area contributed by atoms with Crippen molar-refractivity contribution in [1.29, 1.82) is 0 Å². The molecule has 0 atom stereocenters. The summed E-state index contributed by atoms with van der Waals surface area (Å²) >= 11 is 0. The van der Waals surface area contributed by atoms with Crippen molar-refractivity contribution in [1.82, 2.24) is 4.90 Å². The van der Waals surface area contributed by atoms with Gasteiger partial charge in [0.15, 0.2) is 11.5 Å². The SMILES string of the molecule is CN(CCc1ccccc1)C(=O)/C=C/c1ccc(O)c(O)c1. The summed E-state index contributed by atoms with van der Waals surface area (Å²) < 4.78 is 0.